The standard InChI is InChI=1S/C16H14O4S/c1-10(15(17)18)11-6-8-12(9-7-11)21-14-5-3-2-4-13(14)16(19)20/h2-10H,1H3,(H,17,18)(H,19,20). The minimum absolute atomic E-state index is 0.255. The van der Waals surface area contributed by atoms with Crippen LogP contribution in [0, 0.1) is 0 Å². The molecule has 2 N–H and O–H groups in total. The van der Waals surface area contributed by atoms with E-state index in [2.05, 4.69) is 0 Å². The number of benzene rings is 2. The zero-order valence-corrected chi connectivity index (χ0v) is 12.1. The van der Waals surface area contributed by atoms with Crippen LogP contribution in [0.4, 0.5) is 0 Å². The lowest BCUT2D eigenvalue weighted by atomic mass is 10.0. The fraction of sp³-hybridized carbons (Fsp3) is 0.125. The summed E-state index contributed by atoms with van der Waals surface area (Å²) >= 11 is 1.34. The van der Waals surface area contributed by atoms with Crippen LogP contribution in [0.15, 0.2) is 58.3 Å². The number of carboxylic acids is 2. The molecule has 0 bridgehead atoms. The molecule has 2 aromatic rings. The van der Waals surface area contributed by atoms with Gasteiger partial charge in [-0.1, -0.05) is 36.0 Å². The average Bonchev–Trinajstić information content (AvgIpc) is 2.47. The molecule has 4 nitrogen and oxygen atoms in total. The summed E-state index contributed by atoms with van der Waals surface area (Å²) in [7, 11) is 0. The van der Waals surface area contributed by atoms with Crippen LogP contribution in [0.3, 0.4) is 0 Å². The molecule has 0 aliphatic carbocycles. The van der Waals surface area contributed by atoms with E-state index in [1.54, 1.807) is 55.5 Å². The molecule has 1 unspecified atom stereocenters. The number of carboxylic acid groups (broad SMARTS) is 2. The minimum atomic E-state index is -0.964. The number of hydrogen-bond donors (Lipinski definition) is 2. The van der Waals surface area contributed by atoms with Gasteiger partial charge in [0.25, 0.3) is 0 Å². The van der Waals surface area contributed by atoms with Gasteiger partial charge in [-0.05, 0) is 36.8 Å². The largest absolute Gasteiger partial charge is 0.481 e. The van der Waals surface area contributed by atoms with E-state index in [0.29, 0.717) is 4.90 Å². The van der Waals surface area contributed by atoms with Crippen molar-refractivity contribution in [2.45, 2.75) is 22.6 Å². The Morgan fingerprint density at radius 2 is 1.62 bits per heavy atom. The van der Waals surface area contributed by atoms with Gasteiger partial charge in [0.15, 0.2) is 0 Å². The van der Waals surface area contributed by atoms with E-state index in [1.807, 2.05) is 0 Å². The third-order valence-electron chi connectivity index (χ3n) is 3.10. The minimum Gasteiger partial charge on any atom is -0.481 e. The van der Waals surface area contributed by atoms with E-state index in [9.17, 15) is 9.59 Å². The van der Waals surface area contributed by atoms with Gasteiger partial charge >= 0.3 is 11.9 Å². The van der Waals surface area contributed by atoms with Crippen LogP contribution < -0.4 is 0 Å². The molecular formula is C16H14O4S. The fourth-order valence-corrected chi connectivity index (χ4v) is 2.76. The van der Waals surface area contributed by atoms with Crippen molar-refractivity contribution in [1.82, 2.24) is 0 Å². The van der Waals surface area contributed by atoms with E-state index in [0.717, 1.165) is 10.5 Å². The molecular weight excluding hydrogens is 288 g/mol. The molecule has 1 atom stereocenters. The summed E-state index contributed by atoms with van der Waals surface area (Å²) in [5, 5.41) is 18.1. The Morgan fingerprint density at radius 1 is 1.00 bits per heavy atom. The molecule has 21 heavy (non-hydrogen) atoms. The van der Waals surface area contributed by atoms with Gasteiger partial charge in [-0.3, -0.25) is 4.79 Å². The molecule has 0 aliphatic rings. The predicted octanol–water partition coefficient (Wildman–Crippen LogP) is 3.72. The highest BCUT2D eigenvalue weighted by Gasteiger charge is 2.14. The Morgan fingerprint density at radius 3 is 2.19 bits per heavy atom. The number of rotatable bonds is 5. The van der Waals surface area contributed by atoms with Crippen molar-refractivity contribution < 1.29 is 19.8 Å². The quantitative estimate of drug-likeness (QED) is 0.880. The predicted molar refractivity (Wildman–Crippen MR) is 80.0 cm³/mol. The summed E-state index contributed by atoms with van der Waals surface area (Å²) in [5.74, 6) is -2.39. The van der Waals surface area contributed by atoms with Crippen LogP contribution in [0.5, 0.6) is 0 Å². The van der Waals surface area contributed by atoms with Gasteiger partial charge in [-0.15, -0.1) is 0 Å². The van der Waals surface area contributed by atoms with Crippen LogP contribution in [-0.4, -0.2) is 22.2 Å². The Kier molecular flexibility index (Phi) is 4.65. The third-order valence-corrected chi connectivity index (χ3v) is 4.18. The second-order valence-electron chi connectivity index (χ2n) is 4.53. The van der Waals surface area contributed by atoms with Gasteiger partial charge in [-0.25, -0.2) is 4.79 Å². The smallest absolute Gasteiger partial charge is 0.336 e. The van der Waals surface area contributed by atoms with E-state index in [1.165, 1.54) is 11.8 Å². The van der Waals surface area contributed by atoms with Crippen LogP contribution >= 0.6 is 11.8 Å². The van der Waals surface area contributed by atoms with Crippen molar-refractivity contribution in [1.29, 1.82) is 0 Å². The SMILES string of the molecule is CC(C(=O)O)c1ccc(Sc2ccccc2C(=O)O)cc1. The first kappa shape index (κ1) is 15.1. The highest BCUT2D eigenvalue weighted by molar-refractivity contribution is 7.99. The molecule has 108 valence electrons. The fourth-order valence-electron chi connectivity index (χ4n) is 1.83. The Balaban J connectivity index is 2.22. The van der Waals surface area contributed by atoms with Gasteiger partial charge in [-0.2, -0.15) is 0 Å². The van der Waals surface area contributed by atoms with Gasteiger partial charge in [0.1, 0.15) is 0 Å². The van der Waals surface area contributed by atoms with Crippen molar-refractivity contribution in [2.75, 3.05) is 0 Å². The first-order valence-corrected chi connectivity index (χ1v) is 7.13. The van der Waals surface area contributed by atoms with Gasteiger partial charge in [0.2, 0.25) is 0 Å². The molecule has 0 aromatic heterocycles. The van der Waals surface area contributed by atoms with Crippen LogP contribution in [0.1, 0.15) is 28.8 Å². The Labute approximate surface area is 126 Å². The Hall–Kier alpha value is -2.27. The normalized spacial score (nSPS) is 11.9. The topological polar surface area (TPSA) is 74.6 Å². The van der Waals surface area contributed by atoms with Crippen molar-refractivity contribution >= 4 is 23.7 Å². The molecule has 0 amide bonds. The van der Waals surface area contributed by atoms with Gasteiger partial charge < -0.3 is 10.2 Å². The summed E-state index contributed by atoms with van der Waals surface area (Å²) in [6, 6.07) is 13.9. The van der Waals surface area contributed by atoms with Crippen molar-refractivity contribution in [2.24, 2.45) is 0 Å². The van der Waals surface area contributed by atoms with Crippen LogP contribution in [0.2, 0.25) is 0 Å². The number of aromatic carboxylic acids is 1. The summed E-state index contributed by atoms with van der Waals surface area (Å²) in [5.41, 5.74) is 0.976. The first-order chi connectivity index (χ1) is 9.99. The summed E-state index contributed by atoms with van der Waals surface area (Å²) < 4.78 is 0. The molecule has 0 aliphatic heterocycles. The summed E-state index contributed by atoms with van der Waals surface area (Å²) in [4.78, 5) is 23.6. The average molecular weight is 302 g/mol. The number of carbonyl (C=O) groups is 2. The number of hydrogen-bond acceptors (Lipinski definition) is 3. The highest BCUT2D eigenvalue weighted by Crippen LogP contribution is 2.31. The molecule has 0 spiro atoms. The summed E-state index contributed by atoms with van der Waals surface area (Å²) in [6.07, 6.45) is 0. The number of aliphatic carboxylic acids is 1. The summed E-state index contributed by atoms with van der Waals surface area (Å²) in [6.45, 7) is 1.63. The lowest BCUT2D eigenvalue weighted by molar-refractivity contribution is -0.138. The zero-order chi connectivity index (χ0) is 15.4. The Bertz CT molecular complexity index is 664. The molecule has 0 fully saturated rings. The van der Waals surface area contributed by atoms with Crippen molar-refractivity contribution in [3.05, 3.63) is 59.7 Å². The highest BCUT2D eigenvalue weighted by atomic mass is 32.2. The van der Waals surface area contributed by atoms with E-state index >= 15 is 0 Å². The van der Waals surface area contributed by atoms with E-state index < -0.39 is 17.9 Å². The lowest BCUT2D eigenvalue weighted by Gasteiger charge is -2.09. The molecule has 2 aromatic carbocycles. The second-order valence-corrected chi connectivity index (χ2v) is 5.65. The van der Waals surface area contributed by atoms with Gasteiger partial charge in [0.05, 0.1) is 11.5 Å². The van der Waals surface area contributed by atoms with Crippen molar-refractivity contribution in [3.63, 3.8) is 0 Å². The van der Waals surface area contributed by atoms with Crippen LogP contribution in [-0.2, 0) is 4.79 Å². The zero-order valence-electron chi connectivity index (χ0n) is 11.3. The molecule has 2 rings (SSSR count). The monoisotopic (exact) mass is 302 g/mol. The van der Waals surface area contributed by atoms with Gasteiger partial charge in [0, 0.05) is 9.79 Å². The lowest BCUT2D eigenvalue weighted by Crippen LogP contribution is -2.06. The third kappa shape index (κ3) is 3.64. The maximum atomic E-state index is 11.2. The molecule has 0 radical (unpaired) electrons. The molecule has 0 saturated carbocycles. The maximum Gasteiger partial charge on any atom is 0.336 e. The van der Waals surface area contributed by atoms with Crippen molar-refractivity contribution in [3.8, 4) is 0 Å². The van der Waals surface area contributed by atoms with E-state index in [4.69, 9.17) is 10.2 Å². The van der Waals surface area contributed by atoms with Crippen LogP contribution in [0.25, 0.3) is 0 Å². The molecule has 0 heterocycles. The maximum absolute atomic E-state index is 11.2. The van der Waals surface area contributed by atoms with E-state index in [-0.39, 0.29) is 5.56 Å². The molecule has 5 heteroatoms. The molecule has 0 saturated heterocycles. The first-order valence-electron chi connectivity index (χ1n) is 6.32. The second kappa shape index (κ2) is 6.45.